The van der Waals surface area contributed by atoms with Gasteiger partial charge in [0.15, 0.2) is 0 Å². The summed E-state index contributed by atoms with van der Waals surface area (Å²) in [5, 5.41) is 2.62. The molecule has 0 radical (unpaired) electrons. The number of hydrogen-bond acceptors (Lipinski definition) is 6. The molecule has 1 saturated heterocycles. The number of nitrogens with zero attached hydrogens (tertiary/aromatic N) is 4. The average Bonchev–Trinajstić information content (AvgIpc) is 2.64. The van der Waals surface area contributed by atoms with Gasteiger partial charge in [-0.3, -0.25) is 4.79 Å². The van der Waals surface area contributed by atoms with Gasteiger partial charge >= 0.3 is 6.36 Å². The number of aryl methyl sites for hydroxylation is 2. The van der Waals surface area contributed by atoms with Gasteiger partial charge < -0.3 is 19.9 Å². The van der Waals surface area contributed by atoms with E-state index in [2.05, 4.69) is 29.8 Å². The zero-order valence-electron chi connectivity index (χ0n) is 16.4. The van der Waals surface area contributed by atoms with Gasteiger partial charge in [-0.1, -0.05) is 12.1 Å². The summed E-state index contributed by atoms with van der Waals surface area (Å²) in [5.41, 5.74) is 1.21. The van der Waals surface area contributed by atoms with E-state index in [9.17, 15) is 18.0 Å². The SMILES string of the molecule is Cc1nc(N2CCN(C)CC2)nc(C)c1NC(=O)c1ccccc1OC(F)(F)F. The van der Waals surface area contributed by atoms with Crippen molar-refractivity contribution in [2.45, 2.75) is 20.2 Å². The van der Waals surface area contributed by atoms with Crippen LogP contribution in [0.5, 0.6) is 5.75 Å². The number of para-hydroxylation sites is 1. The minimum Gasteiger partial charge on any atom is -0.405 e. The maximum Gasteiger partial charge on any atom is 0.573 e. The third-order valence-electron chi connectivity index (χ3n) is 4.64. The molecule has 1 aromatic carbocycles. The molecule has 2 heterocycles. The molecule has 7 nitrogen and oxygen atoms in total. The second-order valence-corrected chi connectivity index (χ2v) is 6.86. The number of carbonyl (C=O) groups excluding carboxylic acids is 1. The summed E-state index contributed by atoms with van der Waals surface area (Å²) < 4.78 is 41.8. The molecular formula is C19H22F3N5O2. The van der Waals surface area contributed by atoms with Gasteiger partial charge in [-0.25, -0.2) is 9.97 Å². The van der Waals surface area contributed by atoms with E-state index in [0.717, 1.165) is 32.2 Å². The highest BCUT2D eigenvalue weighted by atomic mass is 19.4. The molecule has 0 atom stereocenters. The van der Waals surface area contributed by atoms with Crippen LogP contribution < -0.4 is 15.0 Å². The fourth-order valence-electron chi connectivity index (χ4n) is 3.08. The lowest BCUT2D eigenvalue weighted by Crippen LogP contribution is -2.45. The molecule has 1 fully saturated rings. The maximum atomic E-state index is 12.6. The number of carbonyl (C=O) groups is 1. The maximum absolute atomic E-state index is 12.6. The number of piperazine rings is 1. The van der Waals surface area contributed by atoms with Crippen molar-refractivity contribution in [2.75, 3.05) is 43.4 Å². The highest BCUT2D eigenvalue weighted by molar-refractivity contribution is 6.06. The molecular weight excluding hydrogens is 387 g/mol. The van der Waals surface area contributed by atoms with Crippen LogP contribution in [0.25, 0.3) is 0 Å². The summed E-state index contributed by atoms with van der Waals surface area (Å²) in [6.45, 7) is 6.84. The molecule has 1 aliphatic heterocycles. The van der Waals surface area contributed by atoms with E-state index in [-0.39, 0.29) is 5.56 Å². The molecule has 1 aliphatic rings. The first kappa shape index (κ1) is 20.8. The van der Waals surface area contributed by atoms with Crippen LogP contribution >= 0.6 is 0 Å². The van der Waals surface area contributed by atoms with Crippen molar-refractivity contribution in [2.24, 2.45) is 0 Å². The molecule has 0 saturated carbocycles. The number of benzene rings is 1. The predicted octanol–water partition coefficient (Wildman–Crippen LogP) is 3.00. The van der Waals surface area contributed by atoms with Gasteiger partial charge in [0.1, 0.15) is 5.75 Å². The zero-order chi connectivity index (χ0) is 21.2. The second kappa shape index (κ2) is 8.24. The summed E-state index contributed by atoms with van der Waals surface area (Å²) in [7, 11) is 2.05. The molecule has 3 rings (SSSR count). The van der Waals surface area contributed by atoms with E-state index in [1.165, 1.54) is 18.2 Å². The van der Waals surface area contributed by atoms with Gasteiger partial charge in [-0.2, -0.15) is 0 Å². The van der Waals surface area contributed by atoms with Crippen LogP contribution in [-0.4, -0.2) is 60.4 Å². The van der Waals surface area contributed by atoms with E-state index in [4.69, 9.17) is 0 Å². The van der Waals surface area contributed by atoms with Crippen LogP contribution in [0.4, 0.5) is 24.8 Å². The van der Waals surface area contributed by atoms with E-state index in [0.29, 0.717) is 23.0 Å². The minimum absolute atomic E-state index is 0.230. The monoisotopic (exact) mass is 409 g/mol. The lowest BCUT2D eigenvalue weighted by molar-refractivity contribution is -0.274. The van der Waals surface area contributed by atoms with Gasteiger partial charge in [0.2, 0.25) is 5.95 Å². The molecule has 0 bridgehead atoms. The van der Waals surface area contributed by atoms with Gasteiger partial charge in [-0.15, -0.1) is 13.2 Å². The number of hydrogen-bond donors (Lipinski definition) is 1. The number of nitrogens with one attached hydrogen (secondary N) is 1. The van der Waals surface area contributed by atoms with Gasteiger partial charge in [0.25, 0.3) is 5.91 Å². The molecule has 0 spiro atoms. The Bertz CT molecular complexity index is 873. The third-order valence-corrected chi connectivity index (χ3v) is 4.64. The first-order chi connectivity index (χ1) is 13.6. The van der Waals surface area contributed by atoms with Crippen LogP contribution in [0, 0.1) is 13.8 Å². The Morgan fingerprint density at radius 1 is 1.07 bits per heavy atom. The van der Waals surface area contributed by atoms with Crippen LogP contribution in [0.3, 0.4) is 0 Å². The Labute approximate surface area is 166 Å². The number of amides is 1. The zero-order valence-corrected chi connectivity index (χ0v) is 16.4. The van der Waals surface area contributed by atoms with E-state index in [1.807, 2.05) is 7.05 Å². The predicted molar refractivity (Wildman–Crippen MR) is 102 cm³/mol. The molecule has 0 aliphatic carbocycles. The molecule has 156 valence electrons. The first-order valence-electron chi connectivity index (χ1n) is 9.09. The highest BCUT2D eigenvalue weighted by Gasteiger charge is 2.33. The smallest absolute Gasteiger partial charge is 0.405 e. The third kappa shape index (κ3) is 5.14. The van der Waals surface area contributed by atoms with Crippen molar-refractivity contribution in [3.05, 3.63) is 41.2 Å². The van der Waals surface area contributed by atoms with Crippen LogP contribution in [0.1, 0.15) is 21.7 Å². The molecule has 1 amide bonds. The topological polar surface area (TPSA) is 70.6 Å². The standard InChI is InChI=1S/C19H22F3N5O2/c1-12-16(13(2)24-18(23-12)27-10-8-26(3)9-11-27)25-17(28)14-6-4-5-7-15(14)29-19(20,21)22/h4-7H,8-11H2,1-3H3,(H,25,28). The molecule has 1 aromatic heterocycles. The summed E-state index contributed by atoms with van der Waals surface area (Å²) in [6.07, 6.45) is -4.89. The lowest BCUT2D eigenvalue weighted by atomic mass is 10.1. The van der Waals surface area contributed by atoms with E-state index in [1.54, 1.807) is 13.8 Å². The molecule has 2 aromatic rings. The number of likely N-dealkylation sites (N-methyl/N-ethyl adjacent to an activating group) is 1. The average molecular weight is 409 g/mol. The Kier molecular flexibility index (Phi) is 5.92. The Hall–Kier alpha value is -2.88. The number of aromatic nitrogens is 2. The second-order valence-electron chi connectivity index (χ2n) is 6.86. The fourth-order valence-corrected chi connectivity index (χ4v) is 3.08. The van der Waals surface area contributed by atoms with Crippen LogP contribution in [-0.2, 0) is 0 Å². The number of alkyl halides is 3. The summed E-state index contributed by atoms with van der Waals surface area (Å²) in [5.74, 6) is -0.721. The van der Waals surface area contributed by atoms with Crippen LogP contribution in [0.15, 0.2) is 24.3 Å². The van der Waals surface area contributed by atoms with Crippen LogP contribution in [0.2, 0.25) is 0 Å². The molecule has 1 N–H and O–H groups in total. The van der Waals surface area contributed by atoms with Crippen molar-refractivity contribution >= 4 is 17.5 Å². The van der Waals surface area contributed by atoms with E-state index < -0.39 is 18.0 Å². The van der Waals surface area contributed by atoms with Crippen molar-refractivity contribution in [3.63, 3.8) is 0 Å². The largest absolute Gasteiger partial charge is 0.573 e. The molecule has 10 heteroatoms. The quantitative estimate of drug-likeness (QED) is 0.837. The Morgan fingerprint density at radius 2 is 1.66 bits per heavy atom. The van der Waals surface area contributed by atoms with Gasteiger partial charge in [0.05, 0.1) is 22.6 Å². The lowest BCUT2D eigenvalue weighted by Gasteiger charge is -2.32. The Balaban J connectivity index is 1.81. The van der Waals surface area contributed by atoms with Crippen molar-refractivity contribution in [3.8, 4) is 5.75 Å². The summed E-state index contributed by atoms with van der Waals surface area (Å²) >= 11 is 0. The normalized spacial score (nSPS) is 15.3. The highest BCUT2D eigenvalue weighted by Crippen LogP contribution is 2.28. The van der Waals surface area contributed by atoms with Crippen molar-refractivity contribution < 1.29 is 22.7 Å². The summed E-state index contributed by atoms with van der Waals surface area (Å²) in [4.78, 5) is 25.9. The molecule has 0 unspecified atom stereocenters. The molecule has 29 heavy (non-hydrogen) atoms. The van der Waals surface area contributed by atoms with Crippen molar-refractivity contribution in [1.29, 1.82) is 0 Å². The van der Waals surface area contributed by atoms with Gasteiger partial charge in [0, 0.05) is 26.2 Å². The Morgan fingerprint density at radius 3 is 2.24 bits per heavy atom. The fraction of sp³-hybridized carbons (Fsp3) is 0.421. The van der Waals surface area contributed by atoms with Crippen molar-refractivity contribution in [1.82, 2.24) is 14.9 Å². The number of halogens is 3. The number of rotatable bonds is 4. The summed E-state index contributed by atoms with van der Waals surface area (Å²) in [6, 6.07) is 5.18. The van der Waals surface area contributed by atoms with E-state index >= 15 is 0 Å². The first-order valence-corrected chi connectivity index (χ1v) is 9.09. The number of anilines is 2. The number of ether oxygens (including phenoxy) is 1. The minimum atomic E-state index is -4.89. The van der Waals surface area contributed by atoms with Gasteiger partial charge in [-0.05, 0) is 33.0 Å².